The van der Waals surface area contributed by atoms with Gasteiger partial charge >= 0.3 is 0 Å². The summed E-state index contributed by atoms with van der Waals surface area (Å²) in [5.74, 6) is 0. The van der Waals surface area contributed by atoms with Crippen molar-refractivity contribution in [1.29, 1.82) is 0 Å². The van der Waals surface area contributed by atoms with Gasteiger partial charge in [-0.25, -0.2) is 12.7 Å². The maximum Gasteiger partial charge on any atom is 0.219 e. The van der Waals surface area contributed by atoms with Crippen molar-refractivity contribution >= 4 is 16.4 Å². The summed E-state index contributed by atoms with van der Waals surface area (Å²) >= 11 is 0. The maximum atomic E-state index is 12.5. The van der Waals surface area contributed by atoms with E-state index in [0.717, 1.165) is 32.1 Å². The zero-order valence-electron chi connectivity index (χ0n) is 10.9. The Morgan fingerprint density at radius 3 is 2.50 bits per heavy atom. The molecule has 2 aliphatic rings. The highest BCUT2D eigenvalue weighted by Gasteiger charge is 2.51. The molecule has 0 aromatic carbocycles. The van der Waals surface area contributed by atoms with Crippen LogP contribution in [0.2, 0.25) is 0 Å². The standard InChI is InChI=1S/C12H22N2O3S/c1-2-14-9-6-11(18(14,16)17)12(13-10-15)7-4-3-5-8-12/h10-11H,2-9H2,1H3,(H,13,15)/t11-/m0/s1. The molecule has 2 rings (SSSR count). The molecule has 5 nitrogen and oxygen atoms in total. The van der Waals surface area contributed by atoms with Crippen molar-refractivity contribution in [2.24, 2.45) is 0 Å². The lowest BCUT2D eigenvalue weighted by Gasteiger charge is -2.41. The minimum absolute atomic E-state index is 0.435. The Labute approximate surface area is 109 Å². The Hall–Kier alpha value is -0.620. The zero-order valence-corrected chi connectivity index (χ0v) is 11.7. The summed E-state index contributed by atoms with van der Waals surface area (Å²) in [6, 6.07) is 0. The first-order chi connectivity index (χ1) is 8.57. The van der Waals surface area contributed by atoms with Gasteiger partial charge in [0.25, 0.3) is 0 Å². The number of hydrogen-bond acceptors (Lipinski definition) is 3. The molecule has 0 radical (unpaired) electrons. The fraction of sp³-hybridized carbons (Fsp3) is 0.917. The SMILES string of the molecule is CCN1CC[C@@H](C2(NC=O)CCCCC2)S1(=O)=O. The molecule has 2 fully saturated rings. The summed E-state index contributed by atoms with van der Waals surface area (Å²) < 4.78 is 26.5. The Morgan fingerprint density at radius 2 is 2.00 bits per heavy atom. The molecule has 0 aromatic heterocycles. The molecule has 0 bridgehead atoms. The molecule has 1 amide bonds. The normalized spacial score (nSPS) is 31.1. The highest BCUT2D eigenvalue weighted by Crippen LogP contribution is 2.39. The van der Waals surface area contributed by atoms with Crippen LogP contribution in [0.25, 0.3) is 0 Å². The lowest BCUT2D eigenvalue weighted by molar-refractivity contribution is -0.111. The highest BCUT2D eigenvalue weighted by atomic mass is 32.2. The van der Waals surface area contributed by atoms with E-state index < -0.39 is 20.8 Å². The van der Waals surface area contributed by atoms with Crippen molar-refractivity contribution < 1.29 is 13.2 Å². The van der Waals surface area contributed by atoms with Crippen molar-refractivity contribution in [2.75, 3.05) is 13.1 Å². The minimum Gasteiger partial charge on any atom is -0.352 e. The van der Waals surface area contributed by atoms with Gasteiger partial charge in [-0.15, -0.1) is 0 Å². The van der Waals surface area contributed by atoms with Gasteiger partial charge in [-0.2, -0.15) is 0 Å². The first-order valence-corrected chi connectivity index (χ1v) is 8.27. The molecule has 1 aliphatic heterocycles. The summed E-state index contributed by atoms with van der Waals surface area (Å²) in [7, 11) is -3.25. The van der Waals surface area contributed by atoms with E-state index in [1.165, 1.54) is 0 Å². The predicted molar refractivity (Wildman–Crippen MR) is 69.6 cm³/mol. The predicted octanol–water partition coefficient (Wildman–Crippen LogP) is 0.859. The van der Waals surface area contributed by atoms with Gasteiger partial charge in [-0.3, -0.25) is 4.79 Å². The van der Waals surface area contributed by atoms with Crippen molar-refractivity contribution in [2.45, 2.75) is 56.2 Å². The van der Waals surface area contributed by atoms with Gasteiger partial charge in [0.15, 0.2) is 0 Å². The summed E-state index contributed by atoms with van der Waals surface area (Å²) in [6.07, 6.45) is 6.01. The van der Waals surface area contributed by atoms with Crippen LogP contribution in [0.5, 0.6) is 0 Å². The average Bonchev–Trinajstić information content (AvgIpc) is 2.66. The maximum absolute atomic E-state index is 12.5. The Morgan fingerprint density at radius 1 is 1.33 bits per heavy atom. The van der Waals surface area contributed by atoms with Crippen LogP contribution in [-0.4, -0.2) is 43.0 Å². The van der Waals surface area contributed by atoms with Gasteiger partial charge in [0.05, 0.1) is 10.8 Å². The second kappa shape index (κ2) is 5.17. The van der Waals surface area contributed by atoms with Crippen LogP contribution in [0.4, 0.5) is 0 Å². The molecular formula is C12H22N2O3S. The van der Waals surface area contributed by atoms with E-state index in [9.17, 15) is 13.2 Å². The third-order valence-electron chi connectivity index (χ3n) is 4.42. The summed E-state index contributed by atoms with van der Waals surface area (Å²) in [5, 5.41) is 2.42. The van der Waals surface area contributed by atoms with Gasteiger partial charge in [-0.05, 0) is 19.3 Å². The zero-order chi connectivity index (χ0) is 13.2. The Balaban J connectivity index is 2.29. The van der Waals surface area contributed by atoms with Crippen molar-refractivity contribution in [3.05, 3.63) is 0 Å². The summed E-state index contributed by atoms with van der Waals surface area (Å²) in [4.78, 5) is 10.9. The monoisotopic (exact) mass is 274 g/mol. The molecule has 0 spiro atoms. The van der Waals surface area contributed by atoms with E-state index in [2.05, 4.69) is 5.32 Å². The molecule has 104 valence electrons. The fourth-order valence-electron chi connectivity index (χ4n) is 3.48. The van der Waals surface area contributed by atoms with Crippen LogP contribution in [0.1, 0.15) is 45.4 Å². The van der Waals surface area contributed by atoms with Crippen LogP contribution in [-0.2, 0) is 14.8 Å². The number of rotatable bonds is 4. The van der Waals surface area contributed by atoms with Crippen LogP contribution in [0, 0.1) is 0 Å². The number of nitrogens with one attached hydrogen (secondary N) is 1. The van der Waals surface area contributed by atoms with Crippen molar-refractivity contribution in [3.8, 4) is 0 Å². The molecule has 1 saturated carbocycles. The molecular weight excluding hydrogens is 252 g/mol. The topological polar surface area (TPSA) is 66.5 Å². The molecule has 1 N–H and O–H groups in total. The first-order valence-electron chi connectivity index (χ1n) is 6.77. The van der Waals surface area contributed by atoms with Crippen LogP contribution < -0.4 is 5.32 Å². The first kappa shape index (κ1) is 13.8. The van der Waals surface area contributed by atoms with Gasteiger partial charge in [0.2, 0.25) is 16.4 Å². The van der Waals surface area contributed by atoms with Gasteiger partial charge in [-0.1, -0.05) is 26.2 Å². The van der Waals surface area contributed by atoms with E-state index in [1.807, 2.05) is 6.92 Å². The van der Waals surface area contributed by atoms with E-state index in [0.29, 0.717) is 25.9 Å². The Kier molecular flexibility index (Phi) is 3.96. The molecule has 1 aliphatic carbocycles. The largest absolute Gasteiger partial charge is 0.352 e. The number of sulfonamides is 1. The second-order valence-corrected chi connectivity index (χ2v) is 7.41. The van der Waals surface area contributed by atoms with E-state index in [1.54, 1.807) is 4.31 Å². The Bertz CT molecular complexity index is 402. The highest BCUT2D eigenvalue weighted by molar-refractivity contribution is 7.90. The number of carbonyl (C=O) groups excluding carboxylic acids is 1. The van der Waals surface area contributed by atoms with Crippen LogP contribution in [0.15, 0.2) is 0 Å². The van der Waals surface area contributed by atoms with Gasteiger partial charge in [0.1, 0.15) is 0 Å². The van der Waals surface area contributed by atoms with Gasteiger partial charge in [0, 0.05) is 13.1 Å². The number of hydrogen-bond donors (Lipinski definition) is 1. The average molecular weight is 274 g/mol. The third-order valence-corrected chi connectivity index (χ3v) is 6.99. The number of carbonyl (C=O) groups is 1. The minimum atomic E-state index is -3.25. The smallest absolute Gasteiger partial charge is 0.219 e. The molecule has 1 saturated heterocycles. The molecule has 18 heavy (non-hydrogen) atoms. The van der Waals surface area contributed by atoms with Crippen LogP contribution >= 0.6 is 0 Å². The van der Waals surface area contributed by atoms with Gasteiger partial charge < -0.3 is 5.32 Å². The fourth-order valence-corrected chi connectivity index (χ4v) is 5.83. The van der Waals surface area contributed by atoms with E-state index >= 15 is 0 Å². The lowest BCUT2D eigenvalue weighted by Crippen LogP contribution is -2.57. The molecule has 1 heterocycles. The molecule has 1 atom stereocenters. The quantitative estimate of drug-likeness (QED) is 0.773. The lowest BCUT2D eigenvalue weighted by atomic mass is 9.78. The van der Waals surface area contributed by atoms with Crippen molar-refractivity contribution in [3.63, 3.8) is 0 Å². The van der Waals surface area contributed by atoms with Crippen LogP contribution in [0.3, 0.4) is 0 Å². The molecule has 6 heteroatoms. The molecule has 0 unspecified atom stereocenters. The third kappa shape index (κ3) is 2.16. The summed E-state index contributed by atoms with van der Waals surface area (Å²) in [5.41, 5.74) is -0.525. The summed E-state index contributed by atoms with van der Waals surface area (Å²) in [6.45, 7) is 2.97. The number of amides is 1. The number of nitrogens with zero attached hydrogens (tertiary/aromatic N) is 1. The van der Waals surface area contributed by atoms with Crippen molar-refractivity contribution in [1.82, 2.24) is 9.62 Å². The molecule has 0 aromatic rings. The van der Waals surface area contributed by atoms with E-state index in [-0.39, 0.29) is 0 Å². The van der Waals surface area contributed by atoms with E-state index in [4.69, 9.17) is 0 Å². The second-order valence-electron chi connectivity index (χ2n) is 5.29.